The van der Waals surface area contributed by atoms with E-state index in [1.54, 1.807) is 0 Å². The molecular formula is C18H23NO. The SMILES string of the molecule is CCCCOc1ccc(NCCc2ccccc2)cc1. The summed E-state index contributed by atoms with van der Waals surface area (Å²) in [5.41, 5.74) is 2.50. The predicted octanol–water partition coefficient (Wildman–Crippen LogP) is 4.52. The van der Waals surface area contributed by atoms with Gasteiger partial charge in [-0.3, -0.25) is 0 Å². The molecule has 0 aromatic heterocycles. The van der Waals surface area contributed by atoms with E-state index >= 15 is 0 Å². The Hall–Kier alpha value is -1.96. The lowest BCUT2D eigenvalue weighted by Crippen LogP contribution is -2.04. The van der Waals surface area contributed by atoms with Crippen molar-refractivity contribution in [3.05, 3.63) is 60.2 Å². The number of nitrogens with one attached hydrogen (secondary N) is 1. The average molecular weight is 269 g/mol. The van der Waals surface area contributed by atoms with E-state index < -0.39 is 0 Å². The van der Waals surface area contributed by atoms with E-state index in [1.165, 1.54) is 12.0 Å². The molecule has 0 aliphatic heterocycles. The summed E-state index contributed by atoms with van der Waals surface area (Å²) < 4.78 is 5.65. The first-order chi connectivity index (χ1) is 9.88. The van der Waals surface area contributed by atoms with E-state index in [0.717, 1.165) is 37.4 Å². The summed E-state index contributed by atoms with van der Waals surface area (Å²) in [6.45, 7) is 3.92. The summed E-state index contributed by atoms with van der Waals surface area (Å²) in [6.07, 6.45) is 3.31. The van der Waals surface area contributed by atoms with Gasteiger partial charge in [-0.15, -0.1) is 0 Å². The molecule has 20 heavy (non-hydrogen) atoms. The van der Waals surface area contributed by atoms with Crippen molar-refractivity contribution in [1.82, 2.24) is 0 Å². The van der Waals surface area contributed by atoms with Gasteiger partial charge in [-0.2, -0.15) is 0 Å². The predicted molar refractivity (Wildman–Crippen MR) is 85.5 cm³/mol. The average Bonchev–Trinajstić information content (AvgIpc) is 2.50. The third-order valence-electron chi connectivity index (χ3n) is 3.21. The fourth-order valence-corrected chi connectivity index (χ4v) is 2.00. The van der Waals surface area contributed by atoms with Crippen LogP contribution in [-0.2, 0) is 6.42 Å². The number of hydrogen-bond acceptors (Lipinski definition) is 2. The Morgan fingerprint density at radius 1 is 0.950 bits per heavy atom. The van der Waals surface area contributed by atoms with E-state index in [2.05, 4.69) is 48.6 Å². The standard InChI is InChI=1S/C18H23NO/c1-2-3-15-20-18-11-9-17(10-12-18)19-14-13-16-7-5-4-6-8-16/h4-12,19H,2-3,13-15H2,1H3. The highest BCUT2D eigenvalue weighted by molar-refractivity contribution is 5.46. The van der Waals surface area contributed by atoms with Crippen LogP contribution in [0.2, 0.25) is 0 Å². The van der Waals surface area contributed by atoms with Crippen molar-refractivity contribution in [3.8, 4) is 5.75 Å². The first-order valence-electron chi connectivity index (χ1n) is 7.39. The molecule has 0 heterocycles. The highest BCUT2D eigenvalue weighted by Gasteiger charge is 1.96. The zero-order valence-electron chi connectivity index (χ0n) is 12.1. The molecule has 0 aliphatic rings. The molecule has 0 saturated heterocycles. The van der Waals surface area contributed by atoms with Crippen LogP contribution in [0.1, 0.15) is 25.3 Å². The van der Waals surface area contributed by atoms with Gasteiger partial charge in [-0.1, -0.05) is 43.7 Å². The summed E-state index contributed by atoms with van der Waals surface area (Å²) in [5, 5.41) is 3.43. The van der Waals surface area contributed by atoms with Crippen LogP contribution < -0.4 is 10.1 Å². The molecule has 0 bridgehead atoms. The van der Waals surface area contributed by atoms with Crippen molar-refractivity contribution in [2.24, 2.45) is 0 Å². The van der Waals surface area contributed by atoms with Gasteiger partial charge in [0.2, 0.25) is 0 Å². The first-order valence-corrected chi connectivity index (χ1v) is 7.39. The number of anilines is 1. The van der Waals surface area contributed by atoms with Gasteiger partial charge in [0, 0.05) is 12.2 Å². The Balaban J connectivity index is 1.73. The van der Waals surface area contributed by atoms with Crippen molar-refractivity contribution < 1.29 is 4.74 Å². The third-order valence-corrected chi connectivity index (χ3v) is 3.21. The van der Waals surface area contributed by atoms with Crippen LogP contribution in [0.15, 0.2) is 54.6 Å². The molecule has 2 nitrogen and oxygen atoms in total. The zero-order valence-corrected chi connectivity index (χ0v) is 12.1. The van der Waals surface area contributed by atoms with Gasteiger partial charge < -0.3 is 10.1 Å². The lowest BCUT2D eigenvalue weighted by atomic mass is 10.1. The zero-order chi connectivity index (χ0) is 14.0. The number of rotatable bonds is 8. The Morgan fingerprint density at radius 2 is 1.70 bits per heavy atom. The van der Waals surface area contributed by atoms with Crippen LogP contribution in [0.4, 0.5) is 5.69 Å². The second-order valence-electron chi connectivity index (χ2n) is 4.89. The molecule has 0 aliphatic carbocycles. The summed E-state index contributed by atoms with van der Waals surface area (Å²) in [7, 11) is 0. The molecule has 2 aromatic rings. The molecule has 0 unspecified atom stereocenters. The minimum atomic E-state index is 0.803. The van der Waals surface area contributed by atoms with Crippen molar-refractivity contribution in [2.75, 3.05) is 18.5 Å². The number of unbranched alkanes of at least 4 members (excludes halogenated alkanes) is 1. The van der Waals surface area contributed by atoms with Gasteiger partial charge in [0.15, 0.2) is 0 Å². The lowest BCUT2D eigenvalue weighted by molar-refractivity contribution is 0.309. The molecule has 2 heteroatoms. The fraction of sp³-hybridized carbons (Fsp3) is 0.333. The number of hydrogen-bond donors (Lipinski definition) is 1. The first kappa shape index (κ1) is 14.4. The van der Waals surface area contributed by atoms with Gasteiger partial charge in [-0.25, -0.2) is 0 Å². The van der Waals surface area contributed by atoms with E-state index in [1.807, 2.05) is 18.2 Å². The second-order valence-corrected chi connectivity index (χ2v) is 4.89. The van der Waals surface area contributed by atoms with Gasteiger partial charge >= 0.3 is 0 Å². The van der Waals surface area contributed by atoms with Gasteiger partial charge in [-0.05, 0) is 42.7 Å². The molecule has 0 atom stereocenters. The summed E-state index contributed by atoms with van der Waals surface area (Å²) in [6, 6.07) is 18.7. The molecule has 0 fully saturated rings. The largest absolute Gasteiger partial charge is 0.494 e. The molecule has 0 radical (unpaired) electrons. The summed E-state index contributed by atoms with van der Waals surface area (Å²) in [5.74, 6) is 0.951. The minimum absolute atomic E-state index is 0.803. The molecule has 0 amide bonds. The van der Waals surface area contributed by atoms with E-state index in [4.69, 9.17) is 4.74 Å². The van der Waals surface area contributed by atoms with Crippen LogP contribution in [0.25, 0.3) is 0 Å². The quantitative estimate of drug-likeness (QED) is 0.711. The number of ether oxygens (including phenoxy) is 1. The maximum absolute atomic E-state index is 5.65. The maximum atomic E-state index is 5.65. The van der Waals surface area contributed by atoms with Crippen molar-refractivity contribution in [3.63, 3.8) is 0 Å². The Kier molecular flexibility index (Phi) is 5.97. The van der Waals surface area contributed by atoms with Crippen LogP contribution in [-0.4, -0.2) is 13.2 Å². The fourth-order valence-electron chi connectivity index (χ4n) is 2.00. The Bertz CT molecular complexity index is 479. The lowest BCUT2D eigenvalue weighted by Gasteiger charge is -2.09. The van der Waals surface area contributed by atoms with Crippen molar-refractivity contribution in [1.29, 1.82) is 0 Å². The molecule has 0 saturated carbocycles. The molecule has 2 rings (SSSR count). The second kappa shape index (κ2) is 8.26. The Labute approximate surface area is 121 Å². The highest BCUT2D eigenvalue weighted by Crippen LogP contribution is 2.16. The monoisotopic (exact) mass is 269 g/mol. The third kappa shape index (κ3) is 4.96. The summed E-state index contributed by atoms with van der Waals surface area (Å²) >= 11 is 0. The molecule has 0 spiro atoms. The van der Waals surface area contributed by atoms with E-state index in [0.29, 0.717) is 0 Å². The summed E-state index contributed by atoms with van der Waals surface area (Å²) in [4.78, 5) is 0. The van der Waals surface area contributed by atoms with Crippen LogP contribution in [0, 0.1) is 0 Å². The molecule has 2 aromatic carbocycles. The van der Waals surface area contributed by atoms with E-state index in [-0.39, 0.29) is 0 Å². The van der Waals surface area contributed by atoms with Gasteiger partial charge in [0.1, 0.15) is 5.75 Å². The molecular weight excluding hydrogens is 246 g/mol. The highest BCUT2D eigenvalue weighted by atomic mass is 16.5. The smallest absolute Gasteiger partial charge is 0.119 e. The van der Waals surface area contributed by atoms with E-state index in [9.17, 15) is 0 Å². The topological polar surface area (TPSA) is 21.3 Å². The van der Waals surface area contributed by atoms with Crippen molar-refractivity contribution >= 4 is 5.69 Å². The normalized spacial score (nSPS) is 10.2. The number of benzene rings is 2. The van der Waals surface area contributed by atoms with Crippen LogP contribution >= 0.6 is 0 Å². The van der Waals surface area contributed by atoms with Gasteiger partial charge in [0.25, 0.3) is 0 Å². The molecule has 1 N–H and O–H groups in total. The van der Waals surface area contributed by atoms with Crippen LogP contribution in [0.5, 0.6) is 5.75 Å². The van der Waals surface area contributed by atoms with Crippen LogP contribution in [0.3, 0.4) is 0 Å². The Morgan fingerprint density at radius 3 is 2.40 bits per heavy atom. The van der Waals surface area contributed by atoms with Crippen molar-refractivity contribution in [2.45, 2.75) is 26.2 Å². The molecule has 106 valence electrons. The maximum Gasteiger partial charge on any atom is 0.119 e. The van der Waals surface area contributed by atoms with Gasteiger partial charge in [0.05, 0.1) is 6.61 Å². The minimum Gasteiger partial charge on any atom is -0.494 e.